The van der Waals surface area contributed by atoms with Gasteiger partial charge in [-0.15, -0.1) is 0 Å². The maximum Gasteiger partial charge on any atom is 0.407 e. The summed E-state index contributed by atoms with van der Waals surface area (Å²) in [4.78, 5) is 14.4. The molecule has 4 rings (SSSR count). The summed E-state index contributed by atoms with van der Waals surface area (Å²) in [6.07, 6.45) is 16.9. The van der Waals surface area contributed by atoms with Crippen molar-refractivity contribution in [3.05, 3.63) is 11.6 Å². The SMILES string of the molecule is CC(C)CCCC(C)C1CCC2C1CCC1C2CC=C2CC(OC(=O)NCCN(C)C)CCC21C. The van der Waals surface area contributed by atoms with Crippen LogP contribution in [-0.4, -0.2) is 44.3 Å². The Morgan fingerprint density at radius 1 is 1.09 bits per heavy atom. The molecule has 0 heterocycles. The number of alkyl carbamates (subject to hydrolysis) is 1. The van der Waals surface area contributed by atoms with Crippen molar-refractivity contribution >= 4 is 6.09 Å². The summed E-state index contributed by atoms with van der Waals surface area (Å²) >= 11 is 0. The van der Waals surface area contributed by atoms with E-state index in [0.717, 1.165) is 60.8 Å². The zero-order valence-corrected chi connectivity index (χ0v) is 23.7. The van der Waals surface area contributed by atoms with Crippen molar-refractivity contribution in [2.24, 2.45) is 46.8 Å². The number of hydrogen-bond acceptors (Lipinski definition) is 3. The molecule has 0 spiro atoms. The van der Waals surface area contributed by atoms with Crippen molar-refractivity contribution in [1.82, 2.24) is 10.2 Å². The lowest BCUT2D eigenvalue weighted by Gasteiger charge is -2.55. The summed E-state index contributed by atoms with van der Waals surface area (Å²) in [6.45, 7) is 11.3. The van der Waals surface area contributed by atoms with E-state index in [4.69, 9.17) is 4.74 Å². The Morgan fingerprint density at radius 3 is 2.60 bits per heavy atom. The monoisotopic (exact) mass is 486 g/mol. The van der Waals surface area contributed by atoms with E-state index in [9.17, 15) is 4.79 Å². The largest absolute Gasteiger partial charge is 0.446 e. The van der Waals surface area contributed by atoms with E-state index >= 15 is 0 Å². The minimum absolute atomic E-state index is 0.0455. The number of nitrogens with zero attached hydrogens (tertiary/aromatic N) is 1. The van der Waals surface area contributed by atoms with E-state index in [1.807, 2.05) is 14.1 Å². The maximum atomic E-state index is 12.3. The van der Waals surface area contributed by atoms with Crippen LogP contribution in [0.25, 0.3) is 0 Å². The van der Waals surface area contributed by atoms with Gasteiger partial charge in [-0.25, -0.2) is 4.79 Å². The third-order valence-corrected chi connectivity index (χ3v) is 10.7. The summed E-state index contributed by atoms with van der Waals surface area (Å²) in [5, 5.41) is 2.92. The molecular weight excluding hydrogens is 432 g/mol. The van der Waals surface area contributed by atoms with E-state index in [0.29, 0.717) is 12.0 Å². The standard InChI is InChI=1S/C31H54N2O2/c1-21(2)8-7-9-22(3)25-12-13-27-26(25)14-15-29-28(27)11-10-23-20-24(16-17-31(23,29)4)35-30(34)32-18-19-33(5)6/h10,21-22,24-29H,7-9,11-20H2,1-6H3,(H,32,34). The van der Waals surface area contributed by atoms with Crippen LogP contribution in [0.5, 0.6) is 0 Å². The number of carbonyl (C=O) groups excluding carboxylic acids is 1. The summed E-state index contributed by atoms with van der Waals surface area (Å²) < 4.78 is 5.85. The molecule has 3 fully saturated rings. The fourth-order valence-electron chi connectivity index (χ4n) is 8.77. The lowest BCUT2D eigenvalue weighted by Crippen LogP contribution is -2.48. The number of carbonyl (C=O) groups is 1. The van der Waals surface area contributed by atoms with Gasteiger partial charge in [-0.3, -0.25) is 0 Å². The number of hydrogen-bond donors (Lipinski definition) is 1. The van der Waals surface area contributed by atoms with Crippen LogP contribution in [-0.2, 0) is 4.74 Å². The smallest absolute Gasteiger partial charge is 0.407 e. The molecule has 4 heteroatoms. The zero-order valence-electron chi connectivity index (χ0n) is 23.7. The average Bonchev–Trinajstić information content (AvgIpc) is 3.23. The Balaban J connectivity index is 1.33. The highest BCUT2D eigenvalue weighted by Gasteiger charge is 2.54. The van der Waals surface area contributed by atoms with Gasteiger partial charge in [-0.1, -0.05) is 58.6 Å². The average molecular weight is 487 g/mol. The molecule has 0 radical (unpaired) electrons. The molecule has 0 saturated heterocycles. The second-order valence-corrected chi connectivity index (χ2v) is 13.6. The minimum atomic E-state index is -0.241. The molecule has 4 aliphatic carbocycles. The number of fused-ring (bicyclic) bond motifs is 5. The maximum absolute atomic E-state index is 12.3. The Hall–Kier alpha value is -1.03. The van der Waals surface area contributed by atoms with E-state index in [1.54, 1.807) is 5.57 Å². The van der Waals surface area contributed by atoms with Crippen LogP contribution >= 0.6 is 0 Å². The number of allylic oxidation sites excluding steroid dienone is 1. The van der Waals surface area contributed by atoms with Crippen LogP contribution in [0, 0.1) is 46.8 Å². The molecule has 8 unspecified atom stereocenters. The first-order chi connectivity index (χ1) is 16.7. The Kier molecular flexibility index (Phi) is 8.93. The molecule has 0 bridgehead atoms. The lowest BCUT2D eigenvalue weighted by molar-refractivity contribution is -0.0182. The van der Waals surface area contributed by atoms with Gasteiger partial charge in [0.15, 0.2) is 0 Å². The molecule has 3 saturated carbocycles. The molecule has 4 nitrogen and oxygen atoms in total. The van der Waals surface area contributed by atoms with Crippen molar-refractivity contribution < 1.29 is 9.53 Å². The quantitative estimate of drug-likeness (QED) is 0.348. The van der Waals surface area contributed by atoms with Gasteiger partial charge in [0, 0.05) is 19.5 Å². The van der Waals surface area contributed by atoms with Crippen molar-refractivity contribution in [3.63, 3.8) is 0 Å². The van der Waals surface area contributed by atoms with Crippen LogP contribution in [0.15, 0.2) is 11.6 Å². The second-order valence-electron chi connectivity index (χ2n) is 13.6. The summed E-state index contributed by atoms with van der Waals surface area (Å²) in [7, 11) is 4.04. The number of ether oxygens (including phenoxy) is 1. The Morgan fingerprint density at radius 2 is 1.86 bits per heavy atom. The van der Waals surface area contributed by atoms with Crippen molar-refractivity contribution in [2.75, 3.05) is 27.2 Å². The molecule has 8 atom stereocenters. The molecule has 4 aliphatic rings. The van der Waals surface area contributed by atoms with Crippen LogP contribution in [0.1, 0.15) is 98.3 Å². The van der Waals surface area contributed by atoms with Crippen LogP contribution in [0.2, 0.25) is 0 Å². The summed E-state index contributed by atoms with van der Waals surface area (Å²) in [5.74, 6) is 6.39. The highest BCUT2D eigenvalue weighted by Crippen LogP contribution is 2.63. The predicted molar refractivity (Wildman–Crippen MR) is 145 cm³/mol. The molecule has 0 aromatic carbocycles. The molecule has 0 aromatic rings. The van der Waals surface area contributed by atoms with Gasteiger partial charge in [0.25, 0.3) is 0 Å². The van der Waals surface area contributed by atoms with Crippen LogP contribution in [0.3, 0.4) is 0 Å². The highest BCUT2D eigenvalue weighted by atomic mass is 16.6. The van der Waals surface area contributed by atoms with Crippen molar-refractivity contribution in [2.45, 2.75) is 104 Å². The molecule has 1 amide bonds. The normalized spacial score (nSPS) is 37.3. The fraction of sp³-hybridized carbons (Fsp3) is 0.903. The number of rotatable bonds is 9. The number of nitrogens with one attached hydrogen (secondary N) is 1. The number of amides is 1. The Bertz CT molecular complexity index is 746. The molecule has 1 N–H and O–H groups in total. The van der Waals surface area contributed by atoms with Gasteiger partial charge in [0.05, 0.1) is 0 Å². The van der Waals surface area contributed by atoms with Crippen molar-refractivity contribution in [3.8, 4) is 0 Å². The molecule has 0 aromatic heterocycles. The van der Waals surface area contributed by atoms with E-state index in [-0.39, 0.29) is 12.2 Å². The first kappa shape index (κ1) is 27.0. The molecular formula is C31H54N2O2. The second kappa shape index (κ2) is 11.6. The predicted octanol–water partition coefficient (Wildman–Crippen LogP) is 7.29. The first-order valence-corrected chi connectivity index (χ1v) is 15.0. The minimum Gasteiger partial charge on any atom is -0.446 e. The summed E-state index contributed by atoms with van der Waals surface area (Å²) in [6, 6.07) is 0. The molecule has 35 heavy (non-hydrogen) atoms. The first-order valence-electron chi connectivity index (χ1n) is 15.0. The van der Waals surface area contributed by atoms with E-state index in [2.05, 4.69) is 44.0 Å². The lowest BCUT2D eigenvalue weighted by atomic mass is 9.50. The van der Waals surface area contributed by atoms with Crippen LogP contribution < -0.4 is 5.32 Å². The molecule has 200 valence electrons. The van der Waals surface area contributed by atoms with Gasteiger partial charge < -0.3 is 15.0 Å². The summed E-state index contributed by atoms with van der Waals surface area (Å²) in [5.41, 5.74) is 1.93. The van der Waals surface area contributed by atoms with Crippen LogP contribution in [0.4, 0.5) is 4.79 Å². The van der Waals surface area contributed by atoms with Gasteiger partial charge >= 0.3 is 6.09 Å². The highest BCUT2D eigenvalue weighted by molar-refractivity contribution is 5.67. The van der Waals surface area contributed by atoms with Gasteiger partial charge in [-0.05, 0) is 106 Å². The van der Waals surface area contributed by atoms with E-state index < -0.39 is 0 Å². The van der Waals surface area contributed by atoms with Crippen molar-refractivity contribution in [1.29, 1.82) is 0 Å². The topological polar surface area (TPSA) is 41.6 Å². The third kappa shape index (κ3) is 6.11. The molecule has 0 aliphatic heterocycles. The van der Waals surface area contributed by atoms with Gasteiger partial charge in [0.2, 0.25) is 0 Å². The van der Waals surface area contributed by atoms with Gasteiger partial charge in [-0.2, -0.15) is 0 Å². The van der Waals surface area contributed by atoms with E-state index in [1.165, 1.54) is 57.8 Å². The zero-order chi connectivity index (χ0) is 25.2. The Labute approximate surface area is 216 Å². The number of likely N-dealkylation sites (N-methyl/N-ethyl adjacent to an activating group) is 1. The van der Waals surface area contributed by atoms with Gasteiger partial charge in [0.1, 0.15) is 6.10 Å². The fourth-order valence-corrected chi connectivity index (χ4v) is 8.77. The third-order valence-electron chi connectivity index (χ3n) is 10.7.